The highest BCUT2D eigenvalue weighted by Gasteiger charge is 2.59. The SMILES string of the molecule is COC(=O)/C=C(/c1ccc(Cl)cc1)C1CC1(F)F.COC(=O)/C=C(\c1ccc(Cl)cc1)C1CC1(F)F. The third-order valence-corrected chi connectivity index (χ3v) is 6.21. The molecule has 0 saturated heterocycles. The van der Waals surface area contributed by atoms with Crippen LogP contribution in [0.3, 0.4) is 0 Å². The van der Waals surface area contributed by atoms with Gasteiger partial charge in [-0.3, -0.25) is 0 Å². The number of carbonyl (C=O) groups is 2. The molecule has 4 rings (SSSR count). The maximum atomic E-state index is 13.1. The fourth-order valence-electron chi connectivity index (χ4n) is 3.53. The maximum Gasteiger partial charge on any atom is 0.330 e. The van der Waals surface area contributed by atoms with E-state index in [9.17, 15) is 27.2 Å². The second-order valence-corrected chi connectivity index (χ2v) is 9.17. The number of ether oxygens (including phenoxy) is 2. The molecule has 0 spiro atoms. The molecule has 0 heterocycles. The summed E-state index contributed by atoms with van der Waals surface area (Å²) in [5, 5.41) is 1.03. The van der Waals surface area contributed by atoms with Gasteiger partial charge in [0.15, 0.2) is 0 Å². The van der Waals surface area contributed by atoms with Crippen LogP contribution >= 0.6 is 23.2 Å². The number of esters is 2. The van der Waals surface area contributed by atoms with Gasteiger partial charge < -0.3 is 9.47 Å². The molecule has 2 aromatic carbocycles. The maximum absolute atomic E-state index is 13.1. The fraction of sp³-hybridized carbons (Fsp3) is 0.308. The number of rotatable bonds is 6. The van der Waals surface area contributed by atoms with Gasteiger partial charge in [-0.2, -0.15) is 0 Å². The molecule has 2 aliphatic carbocycles. The minimum absolute atomic E-state index is 0.238. The van der Waals surface area contributed by atoms with E-state index in [1.54, 1.807) is 48.5 Å². The summed E-state index contributed by atoms with van der Waals surface area (Å²) in [6.45, 7) is 0. The molecule has 2 unspecified atom stereocenters. The van der Waals surface area contributed by atoms with Gasteiger partial charge >= 0.3 is 11.9 Å². The van der Waals surface area contributed by atoms with Crippen LogP contribution in [0.4, 0.5) is 17.6 Å². The summed E-state index contributed by atoms with van der Waals surface area (Å²) < 4.78 is 61.6. The molecule has 2 aromatic rings. The lowest BCUT2D eigenvalue weighted by atomic mass is 10.0. The zero-order chi connectivity index (χ0) is 26.7. The molecule has 4 nitrogen and oxygen atoms in total. The van der Waals surface area contributed by atoms with Crippen molar-refractivity contribution in [2.24, 2.45) is 11.8 Å². The third-order valence-electron chi connectivity index (χ3n) is 5.71. The van der Waals surface area contributed by atoms with E-state index in [2.05, 4.69) is 9.47 Å². The number of methoxy groups -OCH3 is 2. The Balaban J connectivity index is 0.000000201. The molecule has 0 aromatic heterocycles. The Labute approximate surface area is 215 Å². The number of alkyl halides is 4. The highest BCUT2D eigenvalue weighted by Crippen LogP contribution is 2.56. The van der Waals surface area contributed by atoms with Crippen LogP contribution in [0.2, 0.25) is 10.0 Å². The molecule has 0 amide bonds. The van der Waals surface area contributed by atoms with Gasteiger partial charge in [-0.1, -0.05) is 47.5 Å². The first-order chi connectivity index (χ1) is 16.9. The first-order valence-corrected chi connectivity index (χ1v) is 11.5. The molecule has 36 heavy (non-hydrogen) atoms. The molecule has 0 radical (unpaired) electrons. The van der Waals surface area contributed by atoms with Crippen LogP contribution in [0.1, 0.15) is 24.0 Å². The number of carbonyl (C=O) groups excluding carboxylic acids is 2. The molecule has 2 fully saturated rings. The molecular weight excluding hydrogens is 523 g/mol. The normalized spacial score (nSPS) is 21.6. The predicted molar refractivity (Wildman–Crippen MR) is 129 cm³/mol. The van der Waals surface area contributed by atoms with E-state index in [-0.39, 0.29) is 12.8 Å². The lowest BCUT2D eigenvalue weighted by Gasteiger charge is -2.07. The standard InChI is InChI=1S/2C13H11ClF2O2/c2*1-18-12(17)6-10(11-7-13(11,15)16)8-2-4-9(14)5-3-8/h2*2-6,11H,7H2,1H3/b10-6+;10-6-. The Morgan fingerprint density at radius 1 is 0.722 bits per heavy atom. The number of halogens is 6. The van der Waals surface area contributed by atoms with E-state index in [1.165, 1.54) is 14.2 Å². The predicted octanol–water partition coefficient (Wildman–Crippen LogP) is 7.10. The summed E-state index contributed by atoms with van der Waals surface area (Å²) in [7, 11) is 2.42. The largest absolute Gasteiger partial charge is 0.466 e. The van der Waals surface area contributed by atoms with Crippen LogP contribution in [0, 0.1) is 11.8 Å². The summed E-state index contributed by atoms with van der Waals surface area (Å²) in [6.07, 6.45) is 1.76. The quantitative estimate of drug-likeness (QED) is 0.221. The van der Waals surface area contributed by atoms with Crippen molar-refractivity contribution in [2.45, 2.75) is 24.7 Å². The van der Waals surface area contributed by atoms with Crippen LogP contribution < -0.4 is 0 Å². The Bertz CT molecular complexity index is 1080. The highest BCUT2D eigenvalue weighted by molar-refractivity contribution is 6.30. The molecule has 10 heteroatoms. The summed E-state index contributed by atoms with van der Waals surface area (Å²) in [6, 6.07) is 12.9. The Morgan fingerprint density at radius 2 is 1.00 bits per heavy atom. The third kappa shape index (κ3) is 7.11. The van der Waals surface area contributed by atoms with Crippen LogP contribution in [0.15, 0.2) is 60.7 Å². The number of benzene rings is 2. The van der Waals surface area contributed by atoms with E-state index >= 15 is 0 Å². The lowest BCUT2D eigenvalue weighted by Crippen LogP contribution is -2.02. The van der Waals surface area contributed by atoms with Gasteiger partial charge in [0.05, 0.1) is 26.1 Å². The van der Waals surface area contributed by atoms with Crippen molar-refractivity contribution in [2.75, 3.05) is 14.2 Å². The first-order valence-electron chi connectivity index (χ1n) is 10.7. The van der Waals surface area contributed by atoms with Crippen molar-refractivity contribution in [1.82, 2.24) is 0 Å². The average molecular weight is 545 g/mol. The van der Waals surface area contributed by atoms with Crippen LogP contribution in [-0.4, -0.2) is 38.0 Å². The van der Waals surface area contributed by atoms with Crippen molar-refractivity contribution in [3.05, 3.63) is 81.9 Å². The van der Waals surface area contributed by atoms with Gasteiger partial charge in [0.2, 0.25) is 0 Å². The van der Waals surface area contributed by atoms with Gasteiger partial charge in [-0.15, -0.1) is 0 Å². The van der Waals surface area contributed by atoms with Gasteiger partial charge in [0.1, 0.15) is 0 Å². The van der Waals surface area contributed by atoms with Crippen LogP contribution in [0.5, 0.6) is 0 Å². The lowest BCUT2D eigenvalue weighted by molar-refractivity contribution is -0.135. The van der Waals surface area contributed by atoms with E-state index in [1.807, 2.05) is 0 Å². The molecule has 2 saturated carbocycles. The van der Waals surface area contributed by atoms with Gasteiger partial charge in [0.25, 0.3) is 11.8 Å². The van der Waals surface area contributed by atoms with Crippen LogP contribution in [0.25, 0.3) is 11.1 Å². The Morgan fingerprint density at radius 3 is 1.22 bits per heavy atom. The van der Waals surface area contributed by atoms with Crippen LogP contribution in [-0.2, 0) is 19.1 Å². The van der Waals surface area contributed by atoms with E-state index in [0.717, 1.165) is 12.2 Å². The second-order valence-electron chi connectivity index (χ2n) is 8.29. The fourth-order valence-corrected chi connectivity index (χ4v) is 3.78. The van der Waals surface area contributed by atoms with Crippen molar-refractivity contribution < 1.29 is 36.6 Å². The zero-order valence-electron chi connectivity index (χ0n) is 19.2. The highest BCUT2D eigenvalue weighted by atomic mass is 35.5. The molecule has 0 bridgehead atoms. The van der Waals surface area contributed by atoms with Crippen molar-refractivity contribution in [3.63, 3.8) is 0 Å². The monoisotopic (exact) mass is 544 g/mol. The van der Waals surface area contributed by atoms with Crippen molar-refractivity contribution >= 4 is 46.3 Å². The molecule has 192 valence electrons. The minimum atomic E-state index is -2.74. The second kappa shape index (κ2) is 11.0. The number of allylic oxidation sites excluding steroid dienone is 2. The first kappa shape index (κ1) is 27.7. The van der Waals surface area contributed by atoms with Crippen molar-refractivity contribution in [1.29, 1.82) is 0 Å². The van der Waals surface area contributed by atoms with Gasteiger partial charge in [0, 0.05) is 35.0 Å². The van der Waals surface area contributed by atoms with E-state index in [0.29, 0.717) is 32.3 Å². The average Bonchev–Trinajstić information content (AvgIpc) is 3.69. The number of hydrogen-bond donors (Lipinski definition) is 0. The molecule has 0 N–H and O–H groups in total. The topological polar surface area (TPSA) is 52.6 Å². The molecule has 2 atom stereocenters. The van der Waals surface area contributed by atoms with Crippen molar-refractivity contribution in [3.8, 4) is 0 Å². The van der Waals surface area contributed by atoms with Gasteiger partial charge in [-0.25, -0.2) is 27.2 Å². The summed E-state index contributed by atoms with van der Waals surface area (Å²) in [5.74, 6) is -8.58. The summed E-state index contributed by atoms with van der Waals surface area (Å²) >= 11 is 11.5. The van der Waals surface area contributed by atoms with Gasteiger partial charge in [-0.05, 0) is 46.5 Å². The minimum Gasteiger partial charge on any atom is -0.466 e. The van der Waals surface area contributed by atoms with E-state index in [4.69, 9.17) is 23.2 Å². The number of hydrogen-bond acceptors (Lipinski definition) is 4. The molecular formula is C26H22Cl2F4O4. The summed E-state index contributed by atoms with van der Waals surface area (Å²) in [5.41, 5.74) is 1.71. The molecule has 0 aliphatic heterocycles. The van der Waals surface area contributed by atoms with E-state index < -0.39 is 35.6 Å². The smallest absolute Gasteiger partial charge is 0.330 e. The Kier molecular flexibility index (Phi) is 8.52. The molecule has 2 aliphatic rings. The zero-order valence-corrected chi connectivity index (χ0v) is 20.8. The summed E-state index contributed by atoms with van der Waals surface area (Å²) in [4.78, 5) is 22.5. The Hall–Kier alpha value is -2.84.